The lowest BCUT2D eigenvalue weighted by molar-refractivity contribution is -0.123. The van der Waals surface area contributed by atoms with Gasteiger partial charge in [-0.2, -0.15) is 5.10 Å². The summed E-state index contributed by atoms with van der Waals surface area (Å²) >= 11 is 0. The zero-order valence-corrected chi connectivity index (χ0v) is 14.9. The van der Waals surface area contributed by atoms with Crippen molar-refractivity contribution in [2.75, 3.05) is 0 Å². The summed E-state index contributed by atoms with van der Waals surface area (Å²) in [5.41, 5.74) is 4.25. The molecule has 0 bridgehead atoms. The minimum absolute atomic E-state index is 0.0466. The van der Waals surface area contributed by atoms with Crippen LogP contribution in [0.15, 0.2) is 24.4 Å². The van der Waals surface area contributed by atoms with Gasteiger partial charge >= 0.3 is 0 Å². The minimum Gasteiger partial charge on any atom is -0.488 e. The highest BCUT2D eigenvalue weighted by Crippen LogP contribution is 2.37. The average Bonchev–Trinajstić information content (AvgIpc) is 3.00. The summed E-state index contributed by atoms with van der Waals surface area (Å²) in [4.78, 5) is 12.6. The van der Waals surface area contributed by atoms with Gasteiger partial charge in [0.15, 0.2) is 0 Å². The van der Waals surface area contributed by atoms with E-state index in [0.29, 0.717) is 18.6 Å². The lowest BCUT2D eigenvalue weighted by Gasteiger charge is -2.29. The van der Waals surface area contributed by atoms with Crippen molar-refractivity contribution < 1.29 is 9.53 Å². The highest BCUT2D eigenvalue weighted by Gasteiger charge is 2.26. The van der Waals surface area contributed by atoms with E-state index in [9.17, 15) is 4.79 Å². The van der Waals surface area contributed by atoms with Crippen LogP contribution in [-0.2, 0) is 17.9 Å². The number of aromatic nitrogens is 2. The molecule has 2 aromatic rings. The summed E-state index contributed by atoms with van der Waals surface area (Å²) in [5.74, 6) is 1.47. The molecule has 4 rings (SSSR count). The summed E-state index contributed by atoms with van der Waals surface area (Å²) in [6, 6.07) is 6.44. The van der Waals surface area contributed by atoms with E-state index in [0.717, 1.165) is 29.0 Å². The van der Waals surface area contributed by atoms with E-state index in [4.69, 9.17) is 4.74 Å². The van der Waals surface area contributed by atoms with Crippen molar-refractivity contribution >= 4 is 5.91 Å². The Bertz CT molecular complexity index is 796. The van der Waals surface area contributed by atoms with Gasteiger partial charge in [0.2, 0.25) is 5.91 Å². The number of carbonyl (C=O) groups is 1. The Balaban J connectivity index is 1.55. The molecule has 1 saturated carbocycles. The number of rotatable bonds is 3. The van der Waals surface area contributed by atoms with Gasteiger partial charge < -0.3 is 10.1 Å². The minimum atomic E-state index is 0.0466. The Morgan fingerprint density at radius 1 is 1.36 bits per heavy atom. The summed E-state index contributed by atoms with van der Waals surface area (Å²) in [6.45, 7) is 5.06. The van der Waals surface area contributed by atoms with Crippen molar-refractivity contribution in [3.05, 3.63) is 35.5 Å². The van der Waals surface area contributed by atoms with Gasteiger partial charge in [0.1, 0.15) is 18.9 Å². The fourth-order valence-electron chi connectivity index (χ4n) is 3.99. The monoisotopic (exact) mass is 339 g/mol. The Morgan fingerprint density at radius 2 is 2.20 bits per heavy atom. The molecule has 0 unspecified atom stereocenters. The molecule has 0 saturated heterocycles. The third kappa shape index (κ3) is 3.15. The highest BCUT2D eigenvalue weighted by atomic mass is 16.5. The van der Waals surface area contributed by atoms with Crippen molar-refractivity contribution in [3.8, 4) is 17.0 Å². The molecule has 1 fully saturated rings. The Kier molecular flexibility index (Phi) is 4.24. The van der Waals surface area contributed by atoms with Crippen LogP contribution >= 0.6 is 0 Å². The van der Waals surface area contributed by atoms with Crippen LogP contribution < -0.4 is 10.1 Å². The maximum absolute atomic E-state index is 12.6. The van der Waals surface area contributed by atoms with Crippen LogP contribution in [-0.4, -0.2) is 21.7 Å². The first kappa shape index (κ1) is 16.2. The normalized spacial score (nSPS) is 21.8. The van der Waals surface area contributed by atoms with Gasteiger partial charge in [-0.1, -0.05) is 31.4 Å². The zero-order chi connectivity index (χ0) is 17.4. The van der Waals surface area contributed by atoms with Gasteiger partial charge in [0, 0.05) is 17.2 Å². The van der Waals surface area contributed by atoms with E-state index in [-0.39, 0.29) is 12.5 Å². The first-order chi connectivity index (χ1) is 12.1. The number of amides is 1. The molecule has 0 spiro atoms. The first-order valence-corrected chi connectivity index (χ1v) is 9.19. The summed E-state index contributed by atoms with van der Waals surface area (Å²) in [7, 11) is 0. The molecule has 5 nitrogen and oxygen atoms in total. The molecule has 1 aromatic carbocycles. The average molecular weight is 339 g/mol. The van der Waals surface area contributed by atoms with E-state index in [1.165, 1.54) is 24.8 Å². The topological polar surface area (TPSA) is 56.2 Å². The standard InChI is InChI=1S/C20H25N3O2/c1-13-7-8-18-16(9-13)20-15(12-25-18)10-21-23(20)11-19(24)22-17-6-4-3-5-14(17)2/h7-10,14,17H,3-6,11-12H2,1-2H3,(H,22,24)/t14-,17+/m0/s1. The fraction of sp³-hybridized carbons (Fsp3) is 0.500. The van der Waals surface area contributed by atoms with Crippen molar-refractivity contribution in [2.45, 2.75) is 58.7 Å². The third-order valence-electron chi connectivity index (χ3n) is 5.44. The smallest absolute Gasteiger partial charge is 0.241 e. The van der Waals surface area contributed by atoms with Crippen LogP contribution in [0.3, 0.4) is 0 Å². The van der Waals surface area contributed by atoms with Crippen LogP contribution in [0, 0.1) is 12.8 Å². The van der Waals surface area contributed by atoms with Gasteiger partial charge in [0.25, 0.3) is 0 Å². The molecule has 5 heteroatoms. The van der Waals surface area contributed by atoms with Crippen molar-refractivity contribution in [3.63, 3.8) is 0 Å². The predicted molar refractivity (Wildman–Crippen MR) is 96.3 cm³/mol. The molecule has 0 radical (unpaired) electrons. The number of aryl methyl sites for hydroxylation is 1. The van der Waals surface area contributed by atoms with E-state index in [2.05, 4.69) is 30.3 Å². The molecule has 2 aliphatic rings. The molecular weight excluding hydrogens is 314 g/mol. The molecule has 1 N–H and O–H groups in total. The maximum atomic E-state index is 12.6. The largest absolute Gasteiger partial charge is 0.488 e. The lowest BCUT2D eigenvalue weighted by atomic mass is 9.86. The highest BCUT2D eigenvalue weighted by molar-refractivity contribution is 5.78. The molecule has 132 valence electrons. The first-order valence-electron chi connectivity index (χ1n) is 9.19. The van der Waals surface area contributed by atoms with Crippen molar-refractivity contribution in [2.24, 2.45) is 5.92 Å². The zero-order valence-electron chi connectivity index (χ0n) is 14.9. The summed E-state index contributed by atoms with van der Waals surface area (Å²) in [6.07, 6.45) is 6.58. The molecule has 2 heterocycles. The quantitative estimate of drug-likeness (QED) is 0.932. The Hall–Kier alpha value is -2.30. The van der Waals surface area contributed by atoms with E-state index >= 15 is 0 Å². The summed E-state index contributed by atoms with van der Waals surface area (Å²) in [5, 5.41) is 7.67. The lowest BCUT2D eigenvalue weighted by Crippen LogP contribution is -2.42. The number of fused-ring (bicyclic) bond motifs is 3. The Labute approximate surface area is 148 Å². The van der Waals surface area contributed by atoms with E-state index < -0.39 is 0 Å². The number of hydrogen-bond acceptors (Lipinski definition) is 3. The van der Waals surface area contributed by atoms with Gasteiger partial charge in [0.05, 0.1) is 11.9 Å². The molecule has 2 atom stereocenters. The number of carbonyl (C=O) groups excluding carboxylic acids is 1. The van der Waals surface area contributed by atoms with Gasteiger partial charge in [-0.15, -0.1) is 0 Å². The second kappa shape index (κ2) is 6.54. The van der Waals surface area contributed by atoms with Gasteiger partial charge in [-0.3, -0.25) is 9.48 Å². The van der Waals surface area contributed by atoms with E-state index in [1.54, 1.807) is 0 Å². The van der Waals surface area contributed by atoms with Crippen LogP contribution in [0.5, 0.6) is 5.75 Å². The number of hydrogen-bond donors (Lipinski definition) is 1. The SMILES string of the molecule is Cc1ccc2c(c1)-c1c(cnn1CC(=O)N[C@@H]1CCCC[C@@H]1C)CO2. The molecule has 1 aliphatic heterocycles. The van der Waals surface area contributed by atoms with Crippen molar-refractivity contribution in [1.82, 2.24) is 15.1 Å². The van der Waals surface area contributed by atoms with Crippen LogP contribution in [0.4, 0.5) is 0 Å². The molecule has 1 aromatic heterocycles. The number of nitrogens with one attached hydrogen (secondary N) is 1. The van der Waals surface area contributed by atoms with Crippen molar-refractivity contribution in [1.29, 1.82) is 0 Å². The van der Waals surface area contributed by atoms with Crippen LogP contribution in [0.25, 0.3) is 11.3 Å². The third-order valence-corrected chi connectivity index (χ3v) is 5.44. The van der Waals surface area contributed by atoms with E-state index in [1.807, 2.05) is 23.0 Å². The fourth-order valence-corrected chi connectivity index (χ4v) is 3.99. The molecular formula is C20H25N3O2. The Morgan fingerprint density at radius 3 is 3.04 bits per heavy atom. The number of ether oxygens (including phenoxy) is 1. The number of nitrogens with zero attached hydrogens (tertiary/aromatic N) is 2. The van der Waals surface area contributed by atoms with Crippen LogP contribution in [0.1, 0.15) is 43.7 Å². The molecule has 1 aliphatic carbocycles. The van der Waals surface area contributed by atoms with Gasteiger partial charge in [-0.05, 0) is 37.8 Å². The van der Waals surface area contributed by atoms with Gasteiger partial charge in [-0.25, -0.2) is 0 Å². The number of benzene rings is 1. The molecule has 25 heavy (non-hydrogen) atoms. The maximum Gasteiger partial charge on any atom is 0.241 e. The second-order valence-corrected chi connectivity index (χ2v) is 7.40. The summed E-state index contributed by atoms with van der Waals surface area (Å²) < 4.78 is 7.62. The second-order valence-electron chi connectivity index (χ2n) is 7.40. The molecule has 1 amide bonds. The van der Waals surface area contributed by atoms with Crippen LogP contribution in [0.2, 0.25) is 0 Å². The predicted octanol–water partition coefficient (Wildman–Crippen LogP) is 3.45.